The molecule has 1 aliphatic rings. The van der Waals surface area contributed by atoms with Crippen LogP contribution in [0.4, 0.5) is 0 Å². The summed E-state index contributed by atoms with van der Waals surface area (Å²) in [6, 6.07) is 6.53. The highest BCUT2D eigenvalue weighted by molar-refractivity contribution is 9.10. The molecule has 0 aromatic heterocycles. The summed E-state index contributed by atoms with van der Waals surface area (Å²) in [6.45, 7) is 0. The van der Waals surface area contributed by atoms with Gasteiger partial charge in [0.25, 0.3) is 0 Å². The van der Waals surface area contributed by atoms with Gasteiger partial charge in [-0.3, -0.25) is 0 Å². The van der Waals surface area contributed by atoms with Gasteiger partial charge in [-0.05, 0) is 49.3 Å². The van der Waals surface area contributed by atoms with E-state index < -0.39 is 0 Å². The van der Waals surface area contributed by atoms with E-state index >= 15 is 0 Å². The van der Waals surface area contributed by atoms with Crippen LogP contribution >= 0.6 is 27.5 Å². The summed E-state index contributed by atoms with van der Waals surface area (Å²) in [7, 11) is 0. The van der Waals surface area contributed by atoms with Gasteiger partial charge in [-0.1, -0.05) is 33.6 Å². The van der Waals surface area contributed by atoms with E-state index in [0.29, 0.717) is 6.04 Å². The molecular weight excluding hydrogens is 273 g/mol. The summed E-state index contributed by atoms with van der Waals surface area (Å²) in [4.78, 5) is 0. The second-order valence-corrected chi connectivity index (χ2v) is 5.70. The van der Waals surface area contributed by atoms with E-state index in [-0.39, 0.29) is 0 Å². The van der Waals surface area contributed by atoms with Crippen molar-refractivity contribution in [3.05, 3.63) is 33.3 Å². The normalized spacial score (nSPS) is 25.8. The van der Waals surface area contributed by atoms with Crippen LogP contribution in [0, 0.1) is 5.92 Å². The summed E-state index contributed by atoms with van der Waals surface area (Å²) in [5.74, 6) is 0.721. The zero-order valence-corrected chi connectivity index (χ0v) is 10.9. The quantitative estimate of drug-likeness (QED) is 0.881. The molecule has 2 unspecified atom stereocenters. The van der Waals surface area contributed by atoms with Gasteiger partial charge >= 0.3 is 0 Å². The zero-order chi connectivity index (χ0) is 10.8. The molecule has 3 heteroatoms. The zero-order valence-electron chi connectivity index (χ0n) is 8.55. The fraction of sp³-hybridized carbons (Fsp3) is 0.500. The lowest BCUT2D eigenvalue weighted by Crippen LogP contribution is -2.15. The fourth-order valence-electron chi connectivity index (χ4n) is 2.30. The number of benzene rings is 1. The van der Waals surface area contributed by atoms with Crippen LogP contribution < -0.4 is 5.73 Å². The molecule has 0 heterocycles. The summed E-state index contributed by atoms with van der Waals surface area (Å²) < 4.78 is 1.04. The first kappa shape index (κ1) is 11.4. The van der Waals surface area contributed by atoms with Gasteiger partial charge < -0.3 is 5.73 Å². The molecule has 2 rings (SSSR count). The number of halogens is 2. The fourth-order valence-corrected chi connectivity index (χ4v) is 3.05. The molecule has 0 saturated heterocycles. The van der Waals surface area contributed by atoms with Gasteiger partial charge in [0.05, 0.1) is 0 Å². The average molecular weight is 289 g/mol. The Kier molecular flexibility index (Phi) is 3.70. The van der Waals surface area contributed by atoms with Crippen molar-refractivity contribution in [2.45, 2.75) is 31.7 Å². The van der Waals surface area contributed by atoms with Crippen LogP contribution in [-0.4, -0.2) is 6.04 Å². The summed E-state index contributed by atoms with van der Waals surface area (Å²) in [5, 5.41) is 0.866. The van der Waals surface area contributed by atoms with Crippen molar-refractivity contribution in [2.75, 3.05) is 0 Å². The maximum absolute atomic E-state index is 6.18. The summed E-state index contributed by atoms with van der Waals surface area (Å²) in [6.07, 6.45) is 4.62. The van der Waals surface area contributed by atoms with E-state index in [4.69, 9.17) is 17.3 Å². The molecule has 1 nitrogen and oxygen atoms in total. The van der Waals surface area contributed by atoms with Crippen molar-refractivity contribution >= 4 is 27.5 Å². The van der Waals surface area contributed by atoms with Gasteiger partial charge in [-0.25, -0.2) is 0 Å². The molecule has 0 amide bonds. The minimum absolute atomic E-state index is 0.407. The predicted octanol–water partition coefficient (Wildman–Crippen LogP) is 3.77. The van der Waals surface area contributed by atoms with Crippen molar-refractivity contribution < 1.29 is 0 Å². The Morgan fingerprint density at radius 1 is 1.40 bits per heavy atom. The number of hydrogen-bond donors (Lipinski definition) is 1. The van der Waals surface area contributed by atoms with Gasteiger partial charge in [-0.15, -0.1) is 0 Å². The summed E-state index contributed by atoms with van der Waals surface area (Å²) >= 11 is 9.60. The first-order valence-corrected chi connectivity index (χ1v) is 6.52. The van der Waals surface area contributed by atoms with E-state index in [0.717, 1.165) is 28.3 Å². The van der Waals surface area contributed by atoms with Crippen molar-refractivity contribution in [3.63, 3.8) is 0 Å². The molecule has 1 saturated carbocycles. The number of hydrogen-bond acceptors (Lipinski definition) is 1. The second-order valence-electron chi connectivity index (χ2n) is 4.38. The molecule has 1 aromatic rings. The molecule has 15 heavy (non-hydrogen) atoms. The number of nitrogens with two attached hydrogens (primary N) is 1. The van der Waals surface area contributed by atoms with Crippen molar-refractivity contribution in [2.24, 2.45) is 11.7 Å². The number of rotatable bonds is 2. The largest absolute Gasteiger partial charge is 0.328 e. The van der Waals surface area contributed by atoms with Crippen LogP contribution in [0.1, 0.15) is 24.8 Å². The summed E-state index contributed by atoms with van der Waals surface area (Å²) in [5.41, 5.74) is 7.15. The molecule has 2 atom stereocenters. The maximum Gasteiger partial charge on any atom is 0.0449 e. The Morgan fingerprint density at radius 3 is 2.80 bits per heavy atom. The Balaban J connectivity index is 2.04. The van der Waals surface area contributed by atoms with Crippen LogP contribution in [0.5, 0.6) is 0 Å². The Hall–Kier alpha value is -0.0500. The SMILES string of the molecule is NC1CCC(Cc2ccc(Br)cc2Cl)C1. The minimum atomic E-state index is 0.407. The highest BCUT2D eigenvalue weighted by Crippen LogP contribution is 2.30. The highest BCUT2D eigenvalue weighted by atomic mass is 79.9. The first-order valence-electron chi connectivity index (χ1n) is 5.34. The molecule has 82 valence electrons. The van der Waals surface area contributed by atoms with Gasteiger partial charge in [0.15, 0.2) is 0 Å². The molecule has 0 aliphatic heterocycles. The Bertz CT molecular complexity index is 353. The third-order valence-corrected chi connectivity index (χ3v) is 3.95. The van der Waals surface area contributed by atoms with Gasteiger partial charge in [0.1, 0.15) is 0 Å². The maximum atomic E-state index is 6.18. The van der Waals surface area contributed by atoms with E-state index in [9.17, 15) is 0 Å². The predicted molar refractivity (Wildman–Crippen MR) is 68.2 cm³/mol. The van der Waals surface area contributed by atoms with E-state index in [1.807, 2.05) is 6.07 Å². The topological polar surface area (TPSA) is 26.0 Å². The molecule has 1 aliphatic carbocycles. The third-order valence-electron chi connectivity index (χ3n) is 3.11. The van der Waals surface area contributed by atoms with Crippen molar-refractivity contribution in [1.29, 1.82) is 0 Å². The second kappa shape index (κ2) is 4.86. The van der Waals surface area contributed by atoms with E-state index in [1.165, 1.54) is 18.4 Å². The lowest BCUT2D eigenvalue weighted by Gasteiger charge is -2.11. The van der Waals surface area contributed by atoms with Gasteiger partial charge in [0, 0.05) is 15.5 Å². The molecule has 2 N–H and O–H groups in total. The van der Waals surface area contributed by atoms with Crippen LogP contribution in [0.2, 0.25) is 5.02 Å². The first-order chi connectivity index (χ1) is 7.15. The molecule has 1 fully saturated rings. The molecule has 0 bridgehead atoms. The van der Waals surface area contributed by atoms with Crippen molar-refractivity contribution in [3.8, 4) is 0 Å². The molecule has 1 aromatic carbocycles. The van der Waals surface area contributed by atoms with E-state index in [2.05, 4.69) is 28.1 Å². The average Bonchev–Trinajstić information content (AvgIpc) is 2.56. The van der Waals surface area contributed by atoms with Crippen LogP contribution in [0.3, 0.4) is 0 Å². The molecular formula is C12H15BrClN. The minimum Gasteiger partial charge on any atom is -0.328 e. The molecule has 0 radical (unpaired) electrons. The van der Waals surface area contributed by atoms with E-state index in [1.54, 1.807) is 0 Å². The van der Waals surface area contributed by atoms with Crippen LogP contribution in [0.15, 0.2) is 22.7 Å². The lowest BCUT2D eigenvalue weighted by atomic mass is 9.98. The van der Waals surface area contributed by atoms with Crippen molar-refractivity contribution in [1.82, 2.24) is 0 Å². The molecule has 0 spiro atoms. The lowest BCUT2D eigenvalue weighted by molar-refractivity contribution is 0.535. The van der Waals surface area contributed by atoms with Gasteiger partial charge in [0.2, 0.25) is 0 Å². The van der Waals surface area contributed by atoms with Crippen LogP contribution in [-0.2, 0) is 6.42 Å². The monoisotopic (exact) mass is 287 g/mol. The van der Waals surface area contributed by atoms with Gasteiger partial charge in [-0.2, -0.15) is 0 Å². The Labute approximate surface area is 104 Å². The smallest absolute Gasteiger partial charge is 0.0449 e. The Morgan fingerprint density at radius 2 is 2.20 bits per heavy atom. The highest BCUT2D eigenvalue weighted by Gasteiger charge is 2.22. The standard InChI is InChI=1S/C12H15BrClN/c13-10-3-2-9(12(14)7-10)5-8-1-4-11(15)6-8/h2-3,7-8,11H,1,4-6,15H2. The van der Waals surface area contributed by atoms with Crippen LogP contribution in [0.25, 0.3) is 0 Å². The third kappa shape index (κ3) is 2.96.